The maximum Gasteiger partial charge on any atom is 0.344 e. The van der Waals surface area contributed by atoms with Crippen molar-refractivity contribution in [3.05, 3.63) is 179 Å². The van der Waals surface area contributed by atoms with Gasteiger partial charge in [0.2, 0.25) is 0 Å². The number of carbonyl (C=O) groups is 5. The van der Waals surface area contributed by atoms with Crippen molar-refractivity contribution in [3.63, 3.8) is 0 Å². The summed E-state index contributed by atoms with van der Waals surface area (Å²) in [5.74, 6) is -3.63. The molecule has 3 N–H and O–H groups in total. The van der Waals surface area contributed by atoms with E-state index in [1.807, 2.05) is 0 Å². The van der Waals surface area contributed by atoms with Crippen molar-refractivity contribution in [1.29, 1.82) is 0 Å². The Bertz CT molecular complexity index is 2370. The third-order valence-electron chi connectivity index (χ3n) is 8.85. The third kappa shape index (κ3) is 11.8. The second-order valence-corrected chi connectivity index (χ2v) is 13.1. The van der Waals surface area contributed by atoms with Crippen LogP contribution in [0, 0.1) is 0 Å². The van der Waals surface area contributed by atoms with E-state index < -0.39 is 68.6 Å². The molecule has 0 atom stereocenters. The van der Waals surface area contributed by atoms with Gasteiger partial charge >= 0.3 is 11.9 Å². The van der Waals surface area contributed by atoms with E-state index >= 15 is 0 Å². The molecule has 0 unspecified atom stereocenters. The second kappa shape index (κ2) is 20.6. The summed E-state index contributed by atoms with van der Waals surface area (Å²) in [6.45, 7) is -2.57. The molecule has 0 amide bonds. The predicted octanol–water partition coefficient (Wildman–Crippen LogP) is 6.46. The van der Waals surface area contributed by atoms with Crippen molar-refractivity contribution in [2.45, 2.75) is 6.10 Å². The molecule has 0 saturated carbocycles. The summed E-state index contributed by atoms with van der Waals surface area (Å²) in [7, 11) is 0. The number of ketones is 3. The number of hydrogen-bond acceptors (Lipinski definition) is 14. The maximum absolute atomic E-state index is 12.8. The van der Waals surface area contributed by atoms with Gasteiger partial charge < -0.3 is 43.7 Å². The van der Waals surface area contributed by atoms with E-state index in [9.17, 15) is 39.3 Å². The number of carbonyl (C=O) groups excluding carboxylic acids is 5. The fourth-order valence-corrected chi connectivity index (χ4v) is 5.70. The quantitative estimate of drug-likeness (QED) is 0.0430. The highest BCUT2D eigenvalue weighted by Crippen LogP contribution is 2.28. The lowest BCUT2D eigenvalue weighted by Gasteiger charge is -2.19. The second-order valence-electron chi connectivity index (χ2n) is 13.1. The minimum atomic E-state index is -1.10. The molecule has 0 fully saturated rings. The Kier molecular flexibility index (Phi) is 14.4. The molecule has 61 heavy (non-hydrogen) atoms. The molecule has 0 heterocycles. The van der Waals surface area contributed by atoms with E-state index in [4.69, 9.17) is 28.4 Å². The molecule has 0 spiro atoms. The molecular weight excluding hydrogens is 789 g/mol. The molecule has 0 aliphatic carbocycles. The van der Waals surface area contributed by atoms with E-state index in [1.165, 1.54) is 54.6 Å². The lowest BCUT2D eigenvalue weighted by Crippen LogP contribution is -2.31. The topological polar surface area (TPSA) is 201 Å². The molecule has 6 rings (SSSR count). The number of esters is 2. The molecule has 0 bridgehead atoms. The Morgan fingerprint density at radius 1 is 0.426 bits per heavy atom. The van der Waals surface area contributed by atoms with Crippen LogP contribution in [0.4, 0.5) is 0 Å². The van der Waals surface area contributed by atoms with Crippen molar-refractivity contribution >= 4 is 29.3 Å². The first-order chi connectivity index (χ1) is 29.5. The van der Waals surface area contributed by atoms with Crippen LogP contribution >= 0.6 is 0 Å². The minimum absolute atomic E-state index is 0.0430. The van der Waals surface area contributed by atoms with Gasteiger partial charge in [-0.3, -0.25) is 14.4 Å². The van der Waals surface area contributed by atoms with Gasteiger partial charge in [0, 0.05) is 34.9 Å². The fraction of sp³-hybridized carbons (Fsp3) is 0.128. The summed E-state index contributed by atoms with van der Waals surface area (Å²) < 4.78 is 32.8. The highest BCUT2D eigenvalue weighted by Gasteiger charge is 2.20. The summed E-state index contributed by atoms with van der Waals surface area (Å²) in [4.78, 5) is 63.7. The highest BCUT2D eigenvalue weighted by atomic mass is 16.7. The van der Waals surface area contributed by atoms with Crippen LogP contribution < -0.4 is 14.2 Å². The standard InChI is InChI=1S/C47H38O14/c48-40-22-33(16-19-37(40)45(53)30-10-4-1-5-11-30)56-27-43(51)58-25-36(61-29-60-35-18-21-39(42(50)24-35)47(55)32-14-8-3-9-15-32)26-59-44(52)28-57-34-17-20-38(41(49)23-34)46(54)31-12-6-2-7-13-31/h1-24,36,48-50H,25-29H2. The van der Waals surface area contributed by atoms with Crippen LogP contribution in [-0.2, 0) is 23.8 Å². The molecule has 0 aliphatic heterocycles. The molecule has 6 aromatic rings. The van der Waals surface area contributed by atoms with Crippen LogP contribution in [0.1, 0.15) is 47.8 Å². The fourth-order valence-electron chi connectivity index (χ4n) is 5.70. The molecule has 0 aliphatic rings. The largest absolute Gasteiger partial charge is 0.507 e. The van der Waals surface area contributed by atoms with Gasteiger partial charge in [0.25, 0.3) is 0 Å². The van der Waals surface area contributed by atoms with E-state index in [-0.39, 0.29) is 51.2 Å². The lowest BCUT2D eigenvalue weighted by molar-refractivity contribution is -0.161. The van der Waals surface area contributed by atoms with Crippen molar-refractivity contribution in [2.24, 2.45) is 0 Å². The first-order valence-corrected chi connectivity index (χ1v) is 18.6. The molecule has 310 valence electrons. The monoisotopic (exact) mass is 826 g/mol. The average Bonchev–Trinajstić information content (AvgIpc) is 3.28. The third-order valence-corrected chi connectivity index (χ3v) is 8.85. The zero-order chi connectivity index (χ0) is 43.1. The molecule has 14 nitrogen and oxygen atoms in total. The van der Waals surface area contributed by atoms with Crippen LogP contribution in [0.5, 0.6) is 34.5 Å². The van der Waals surface area contributed by atoms with Gasteiger partial charge in [-0.15, -0.1) is 0 Å². The number of aromatic hydroxyl groups is 3. The van der Waals surface area contributed by atoms with Crippen LogP contribution in [0.3, 0.4) is 0 Å². The first-order valence-electron chi connectivity index (χ1n) is 18.6. The molecule has 14 heteroatoms. The van der Waals surface area contributed by atoms with Gasteiger partial charge in [0.15, 0.2) is 37.4 Å². The summed E-state index contributed by atoms with van der Waals surface area (Å²) in [6, 6.07) is 37.2. The van der Waals surface area contributed by atoms with E-state index in [0.717, 1.165) is 0 Å². The molecule has 0 aromatic heterocycles. The number of rotatable bonds is 20. The van der Waals surface area contributed by atoms with Crippen molar-refractivity contribution < 1.29 is 67.7 Å². The maximum atomic E-state index is 12.8. The molecule has 0 saturated heterocycles. The van der Waals surface area contributed by atoms with Crippen molar-refractivity contribution in [2.75, 3.05) is 33.2 Å². The summed E-state index contributed by atoms with van der Waals surface area (Å²) in [5, 5.41) is 31.5. The Morgan fingerprint density at radius 2 is 0.754 bits per heavy atom. The number of phenols is 3. The molecular formula is C47H38O14. The Morgan fingerprint density at radius 3 is 1.08 bits per heavy atom. The van der Waals surface area contributed by atoms with Crippen LogP contribution in [0.15, 0.2) is 146 Å². The minimum Gasteiger partial charge on any atom is -0.507 e. The SMILES string of the molecule is O=C(COc1ccc(C(=O)c2ccccc2)c(O)c1)OCC(COC(=O)COc1ccc(C(=O)c2ccccc2)c(O)c1)OCOc1ccc(C(=O)c2ccccc2)c(O)c1. The first kappa shape index (κ1) is 42.6. The number of benzene rings is 6. The average molecular weight is 827 g/mol. The van der Waals surface area contributed by atoms with Gasteiger partial charge in [-0.05, 0) is 36.4 Å². The lowest BCUT2D eigenvalue weighted by atomic mass is 10.0. The Labute approximate surface area is 349 Å². The summed E-state index contributed by atoms with van der Waals surface area (Å²) in [6.07, 6.45) is -1.10. The van der Waals surface area contributed by atoms with Crippen LogP contribution in [-0.4, -0.2) is 83.9 Å². The zero-order valence-electron chi connectivity index (χ0n) is 32.3. The number of phenolic OH excluding ortho intramolecular Hbond substituents is 3. The summed E-state index contributed by atoms with van der Waals surface area (Å²) in [5.41, 5.74) is 1.29. The predicted molar refractivity (Wildman–Crippen MR) is 217 cm³/mol. The zero-order valence-corrected chi connectivity index (χ0v) is 32.3. The normalized spacial score (nSPS) is 10.7. The number of hydrogen-bond donors (Lipinski definition) is 3. The molecule has 0 radical (unpaired) electrons. The van der Waals surface area contributed by atoms with E-state index in [1.54, 1.807) is 91.0 Å². The van der Waals surface area contributed by atoms with Crippen LogP contribution in [0.2, 0.25) is 0 Å². The van der Waals surface area contributed by atoms with Crippen LogP contribution in [0.25, 0.3) is 0 Å². The van der Waals surface area contributed by atoms with E-state index in [2.05, 4.69) is 0 Å². The van der Waals surface area contributed by atoms with Gasteiger partial charge in [0.1, 0.15) is 53.8 Å². The Balaban J connectivity index is 1.03. The van der Waals surface area contributed by atoms with Gasteiger partial charge in [0.05, 0.1) is 16.7 Å². The van der Waals surface area contributed by atoms with Gasteiger partial charge in [-0.25, -0.2) is 9.59 Å². The van der Waals surface area contributed by atoms with Crippen molar-refractivity contribution in [3.8, 4) is 34.5 Å². The summed E-state index contributed by atoms with van der Waals surface area (Å²) >= 11 is 0. The highest BCUT2D eigenvalue weighted by molar-refractivity contribution is 6.12. The number of ether oxygens (including phenoxy) is 6. The van der Waals surface area contributed by atoms with Gasteiger partial charge in [-0.1, -0.05) is 91.0 Å². The molecule has 6 aromatic carbocycles. The van der Waals surface area contributed by atoms with E-state index in [0.29, 0.717) is 16.7 Å². The smallest absolute Gasteiger partial charge is 0.344 e. The Hall–Kier alpha value is -7.97. The van der Waals surface area contributed by atoms with Crippen molar-refractivity contribution in [1.82, 2.24) is 0 Å². The van der Waals surface area contributed by atoms with Gasteiger partial charge in [-0.2, -0.15) is 0 Å².